The molecule has 3 aromatic carbocycles. The second-order valence-electron chi connectivity index (χ2n) is 6.60. The van der Waals surface area contributed by atoms with Crippen LogP contribution in [0, 0.1) is 17.0 Å². The molecule has 1 aliphatic rings. The zero-order valence-corrected chi connectivity index (χ0v) is 16.9. The molecule has 1 amide bonds. The molecule has 0 atom stereocenters. The predicted octanol–water partition coefficient (Wildman–Crippen LogP) is 6.20. The number of benzene rings is 3. The van der Waals surface area contributed by atoms with Crippen molar-refractivity contribution in [3.05, 3.63) is 92.5 Å². The number of halogens is 1. The molecular weight excluding hydrogens is 408 g/mol. The van der Waals surface area contributed by atoms with Crippen molar-refractivity contribution in [1.82, 2.24) is 0 Å². The van der Waals surface area contributed by atoms with Crippen molar-refractivity contribution in [2.75, 3.05) is 5.32 Å². The van der Waals surface area contributed by atoms with Gasteiger partial charge in [-0.15, -0.1) is 0 Å². The average molecular weight is 423 g/mol. The summed E-state index contributed by atoms with van der Waals surface area (Å²) in [6.45, 7) is 1.99. The Kier molecular flexibility index (Phi) is 5.13. The van der Waals surface area contributed by atoms with Crippen molar-refractivity contribution >= 4 is 52.3 Å². The van der Waals surface area contributed by atoms with Gasteiger partial charge in [-0.1, -0.05) is 47.1 Å². The fourth-order valence-corrected chi connectivity index (χ4v) is 4.13. The van der Waals surface area contributed by atoms with E-state index in [0.717, 1.165) is 10.5 Å². The second-order valence-corrected chi connectivity index (χ2v) is 8.15. The summed E-state index contributed by atoms with van der Waals surface area (Å²) in [6.07, 6.45) is 1.64. The molecular formula is C22H15ClN2O3S. The topological polar surface area (TPSA) is 72.2 Å². The van der Waals surface area contributed by atoms with Gasteiger partial charge in [0.15, 0.2) is 0 Å². The van der Waals surface area contributed by atoms with E-state index in [9.17, 15) is 14.9 Å². The van der Waals surface area contributed by atoms with E-state index < -0.39 is 4.92 Å². The van der Waals surface area contributed by atoms with E-state index in [0.29, 0.717) is 32.3 Å². The van der Waals surface area contributed by atoms with Crippen molar-refractivity contribution in [1.29, 1.82) is 0 Å². The highest BCUT2D eigenvalue weighted by Crippen LogP contribution is 2.38. The second kappa shape index (κ2) is 7.73. The monoisotopic (exact) mass is 422 g/mol. The number of hydrogen-bond donors (Lipinski definition) is 1. The molecule has 0 aromatic heterocycles. The fourth-order valence-electron chi connectivity index (χ4n) is 3.06. The molecule has 0 aliphatic carbocycles. The third-order valence-electron chi connectivity index (χ3n) is 4.50. The highest BCUT2D eigenvalue weighted by atomic mass is 35.5. The van der Waals surface area contributed by atoms with Crippen molar-refractivity contribution in [2.24, 2.45) is 0 Å². The first-order valence-corrected chi connectivity index (χ1v) is 9.96. The van der Waals surface area contributed by atoms with Gasteiger partial charge in [-0.05, 0) is 55.0 Å². The maximum Gasteiger partial charge on any atom is 0.283 e. The van der Waals surface area contributed by atoms with Crippen LogP contribution < -0.4 is 5.32 Å². The number of nitrogens with one attached hydrogen (secondary N) is 1. The van der Waals surface area contributed by atoms with E-state index in [1.54, 1.807) is 36.4 Å². The molecule has 1 aliphatic heterocycles. The first-order valence-electron chi connectivity index (χ1n) is 8.76. The van der Waals surface area contributed by atoms with Crippen LogP contribution in [-0.2, 0) is 4.79 Å². The first-order chi connectivity index (χ1) is 13.9. The highest BCUT2D eigenvalue weighted by molar-refractivity contribution is 7.99. The maximum absolute atomic E-state index is 12.3. The Hall–Kier alpha value is -3.09. The van der Waals surface area contributed by atoms with Gasteiger partial charge >= 0.3 is 0 Å². The van der Waals surface area contributed by atoms with Crippen LogP contribution in [0.2, 0.25) is 5.02 Å². The van der Waals surface area contributed by atoms with E-state index >= 15 is 0 Å². The number of carbonyl (C=O) groups is 1. The number of rotatable bonds is 4. The number of fused-ring (bicyclic) bond motifs is 1. The lowest BCUT2D eigenvalue weighted by Crippen LogP contribution is -2.03. The van der Waals surface area contributed by atoms with E-state index in [2.05, 4.69) is 5.32 Å². The summed E-state index contributed by atoms with van der Waals surface area (Å²) in [5, 5.41) is 14.9. The largest absolute Gasteiger partial charge is 0.321 e. The minimum Gasteiger partial charge on any atom is -0.321 e. The van der Waals surface area contributed by atoms with Crippen LogP contribution >= 0.6 is 23.4 Å². The molecule has 7 heteroatoms. The van der Waals surface area contributed by atoms with E-state index in [4.69, 9.17) is 11.6 Å². The Labute approximate surface area is 176 Å². The van der Waals surface area contributed by atoms with Crippen molar-refractivity contribution in [2.45, 2.75) is 16.7 Å². The van der Waals surface area contributed by atoms with Crippen molar-refractivity contribution in [3.8, 4) is 0 Å². The van der Waals surface area contributed by atoms with Gasteiger partial charge in [-0.3, -0.25) is 14.9 Å². The summed E-state index contributed by atoms with van der Waals surface area (Å²) in [5.41, 5.74) is 3.48. The quantitative estimate of drug-likeness (QED) is 0.308. The van der Waals surface area contributed by atoms with Crippen molar-refractivity contribution in [3.63, 3.8) is 0 Å². The van der Waals surface area contributed by atoms with Gasteiger partial charge in [0, 0.05) is 32.8 Å². The van der Waals surface area contributed by atoms with Gasteiger partial charge in [0.05, 0.1) is 9.82 Å². The summed E-state index contributed by atoms with van der Waals surface area (Å²) < 4.78 is 0. The Morgan fingerprint density at radius 1 is 1.07 bits per heavy atom. The van der Waals surface area contributed by atoms with Gasteiger partial charge in [-0.2, -0.15) is 0 Å². The lowest BCUT2D eigenvalue weighted by molar-refractivity contribution is -0.387. The van der Waals surface area contributed by atoms with Crippen LogP contribution in [-0.4, -0.2) is 10.8 Å². The summed E-state index contributed by atoms with van der Waals surface area (Å²) in [6, 6.07) is 17.9. The van der Waals surface area contributed by atoms with Gasteiger partial charge in [0.2, 0.25) is 0 Å². The molecule has 29 heavy (non-hydrogen) atoms. The molecule has 0 saturated carbocycles. The van der Waals surface area contributed by atoms with Gasteiger partial charge in [0.25, 0.3) is 11.6 Å². The van der Waals surface area contributed by atoms with E-state index in [1.807, 2.05) is 31.2 Å². The van der Waals surface area contributed by atoms with Gasteiger partial charge in [-0.25, -0.2) is 0 Å². The number of nitrogens with zero attached hydrogens (tertiary/aromatic N) is 1. The third-order valence-corrected chi connectivity index (χ3v) is 5.81. The number of nitro benzene ring substituents is 1. The number of anilines is 1. The summed E-state index contributed by atoms with van der Waals surface area (Å²) in [7, 11) is 0. The Balaban J connectivity index is 1.71. The molecule has 1 N–H and O–H groups in total. The van der Waals surface area contributed by atoms with Gasteiger partial charge in [0.1, 0.15) is 0 Å². The van der Waals surface area contributed by atoms with Crippen molar-refractivity contribution < 1.29 is 9.72 Å². The average Bonchev–Trinajstić information content (AvgIpc) is 2.99. The molecule has 0 spiro atoms. The summed E-state index contributed by atoms with van der Waals surface area (Å²) in [4.78, 5) is 25.0. The Bertz CT molecular complexity index is 1170. The third kappa shape index (κ3) is 4.04. The molecule has 0 fully saturated rings. The summed E-state index contributed by atoms with van der Waals surface area (Å²) >= 11 is 7.39. The van der Waals surface area contributed by atoms with Crippen LogP contribution in [0.4, 0.5) is 11.4 Å². The van der Waals surface area contributed by atoms with Crippen LogP contribution in [0.25, 0.3) is 11.6 Å². The zero-order valence-electron chi connectivity index (χ0n) is 15.3. The molecule has 144 valence electrons. The molecule has 0 bridgehead atoms. The molecule has 5 nitrogen and oxygen atoms in total. The lowest BCUT2D eigenvalue weighted by atomic mass is 10.0. The normalized spacial score (nSPS) is 14.0. The number of aryl methyl sites for hydroxylation is 1. The van der Waals surface area contributed by atoms with Crippen LogP contribution in [0.1, 0.15) is 16.7 Å². The smallest absolute Gasteiger partial charge is 0.283 e. The Morgan fingerprint density at radius 2 is 1.83 bits per heavy atom. The highest BCUT2D eigenvalue weighted by Gasteiger charge is 2.25. The van der Waals surface area contributed by atoms with E-state index in [1.165, 1.54) is 17.8 Å². The Morgan fingerprint density at radius 3 is 2.55 bits per heavy atom. The minimum atomic E-state index is -0.405. The molecule has 3 aromatic rings. The standard InChI is InChI=1S/C22H15ClN2O3S/c1-13-2-6-16(7-3-13)29-21-9-4-14(11-20(21)25(27)28)10-18-17-12-15(23)5-8-19(17)24-22(18)26/h2-12H,1H3,(H,24,26). The number of amides is 1. The fraction of sp³-hybridized carbons (Fsp3) is 0.0455. The van der Waals surface area contributed by atoms with Crippen LogP contribution in [0.5, 0.6) is 0 Å². The molecule has 0 saturated heterocycles. The SMILES string of the molecule is Cc1ccc(Sc2ccc(C=C3C(=O)Nc4ccc(Cl)cc43)cc2[N+](=O)[O-])cc1. The van der Waals surface area contributed by atoms with E-state index in [-0.39, 0.29) is 11.6 Å². The summed E-state index contributed by atoms with van der Waals surface area (Å²) in [5.74, 6) is -0.261. The minimum absolute atomic E-state index is 0.00496. The zero-order chi connectivity index (χ0) is 20.5. The number of hydrogen-bond acceptors (Lipinski definition) is 4. The van der Waals surface area contributed by atoms with Gasteiger partial charge < -0.3 is 5.32 Å². The molecule has 4 rings (SSSR count). The molecule has 0 radical (unpaired) electrons. The molecule has 0 unspecified atom stereocenters. The van der Waals surface area contributed by atoms with Crippen LogP contribution in [0.3, 0.4) is 0 Å². The van der Waals surface area contributed by atoms with Crippen LogP contribution in [0.15, 0.2) is 70.5 Å². The first kappa shape index (κ1) is 19.2. The number of carbonyl (C=O) groups excluding carboxylic acids is 1. The number of nitro groups is 1. The predicted molar refractivity (Wildman–Crippen MR) is 116 cm³/mol. The lowest BCUT2D eigenvalue weighted by Gasteiger charge is -2.05. The maximum atomic E-state index is 12.3. The molecule has 1 heterocycles.